The minimum atomic E-state index is -0.445. The van der Waals surface area contributed by atoms with Crippen LogP contribution in [-0.2, 0) is 13.0 Å². The Balaban J connectivity index is 1.37. The van der Waals surface area contributed by atoms with Gasteiger partial charge in [0.25, 0.3) is 17.7 Å². The molecule has 3 N–H and O–H groups in total. The summed E-state index contributed by atoms with van der Waals surface area (Å²) < 4.78 is 1.64. The van der Waals surface area contributed by atoms with Crippen molar-refractivity contribution < 1.29 is 19.5 Å². The van der Waals surface area contributed by atoms with Crippen molar-refractivity contribution in [2.75, 3.05) is 30.3 Å². The van der Waals surface area contributed by atoms with E-state index in [1.165, 1.54) is 0 Å². The normalized spacial score (nSPS) is 13.6. The highest BCUT2D eigenvalue weighted by molar-refractivity contribution is 6.09. The van der Waals surface area contributed by atoms with Crippen molar-refractivity contribution in [2.45, 2.75) is 72.4 Å². The molecule has 5 aromatic rings. The Morgan fingerprint density at radius 3 is 2.19 bits per heavy atom. The van der Waals surface area contributed by atoms with Crippen molar-refractivity contribution in [3.63, 3.8) is 0 Å². The van der Waals surface area contributed by atoms with Crippen LogP contribution in [0, 0.1) is 13.8 Å². The Morgan fingerprint density at radius 1 is 0.815 bits per heavy atom. The molecule has 1 aromatic heterocycles. The molecule has 1 atom stereocenters. The molecule has 10 heteroatoms. The second-order valence-corrected chi connectivity index (χ2v) is 14.0. The van der Waals surface area contributed by atoms with Gasteiger partial charge in [-0.1, -0.05) is 81.3 Å². The van der Waals surface area contributed by atoms with Gasteiger partial charge in [-0.25, -0.2) is 4.68 Å². The van der Waals surface area contributed by atoms with Gasteiger partial charge >= 0.3 is 0 Å². The van der Waals surface area contributed by atoms with Crippen LogP contribution in [0.3, 0.4) is 0 Å². The van der Waals surface area contributed by atoms with Gasteiger partial charge in [0.2, 0.25) is 0 Å². The molecule has 0 bridgehead atoms. The van der Waals surface area contributed by atoms with Crippen LogP contribution in [-0.4, -0.2) is 68.1 Å². The fraction of sp³-hybridized carbons (Fsp3) is 0.318. The van der Waals surface area contributed by atoms with E-state index in [1.54, 1.807) is 39.9 Å². The molecule has 0 saturated heterocycles. The number of anilines is 3. The number of aromatic nitrogens is 2. The molecule has 0 radical (unpaired) electrons. The fourth-order valence-corrected chi connectivity index (χ4v) is 6.96. The quantitative estimate of drug-likeness (QED) is 0.106. The molecule has 0 saturated carbocycles. The Morgan fingerprint density at radius 2 is 1.48 bits per heavy atom. The Bertz CT molecular complexity index is 2120. The first kappa shape index (κ1) is 38.0. The second-order valence-electron chi connectivity index (χ2n) is 14.0. The summed E-state index contributed by atoms with van der Waals surface area (Å²) in [6.45, 7) is 9.50. The van der Waals surface area contributed by atoms with E-state index in [0.717, 1.165) is 48.1 Å². The molecule has 0 spiro atoms. The number of benzene rings is 4. The number of carbonyl (C=O) groups is 3. The number of amides is 3. The summed E-state index contributed by atoms with van der Waals surface area (Å²) in [7, 11) is 0. The standard InChI is InChI=1S/C44H50N6O4/c1-5-7-23-48(24-8-6-2)44(54)40-25-31(4)50(47-40)41-22-21-34(27-37(41)43(53)49-28-33-17-11-10-16-32(33)26-35(49)29-51)45-42(52)36-18-12-14-20-39(36)46-38-19-13-9-15-30(38)3/h9-22,25,27,35,46,51H,5-8,23-24,26,28-29H2,1-4H3,(H,45,52)/t35-/m0/s1. The van der Waals surface area contributed by atoms with Crippen LogP contribution in [0.5, 0.6) is 0 Å². The molecule has 10 nitrogen and oxygen atoms in total. The Kier molecular flexibility index (Phi) is 12.2. The summed E-state index contributed by atoms with van der Waals surface area (Å²) in [5.41, 5.74) is 7.31. The van der Waals surface area contributed by atoms with E-state index in [0.29, 0.717) is 60.1 Å². The van der Waals surface area contributed by atoms with Crippen molar-refractivity contribution in [3.8, 4) is 5.69 Å². The molecule has 0 aliphatic carbocycles. The summed E-state index contributed by atoms with van der Waals surface area (Å²) in [6, 6.07) is 29.6. The minimum Gasteiger partial charge on any atom is -0.394 e. The number of aliphatic hydroxyl groups excluding tert-OH is 1. The van der Waals surface area contributed by atoms with Crippen LogP contribution in [0.2, 0.25) is 0 Å². The predicted octanol–water partition coefficient (Wildman–Crippen LogP) is 8.09. The number of fused-ring (bicyclic) bond motifs is 1. The Hall–Kier alpha value is -5.74. The van der Waals surface area contributed by atoms with Gasteiger partial charge in [-0.05, 0) is 92.3 Å². The summed E-state index contributed by atoms with van der Waals surface area (Å²) in [5, 5.41) is 21.7. The fourth-order valence-electron chi connectivity index (χ4n) is 6.96. The van der Waals surface area contributed by atoms with Crippen LogP contribution in [0.25, 0.3) is 5.69 Å². The first-order valence-electron chi connectivity index (χ1n) is 18.9. The van der Waals surface area contributed by atoms with E-state index < -0.39 is 6.04 Å². The van der Waals surface area contributed by atoms with E-state index in [4.69, 9.17) is 5.10 Å². The number of unbranched alkanes of at least 4 members (excludes halogenated alkanes) is 2. The van der Waals surface area contributed by atoms with Crippen LogP contribution in [0.15, 0.2) is 97.1 Å². The average molecular weight is 727 g/mol. The van der Waals surface area contributed by atoms with Crippen molar-refractivity contribution in [1.82, 2.24) is 19.6 Å². The molecule has 4 aromatic carbocycles. The number of aliphatic hydroxyl groups is 1. The SMILES string of the molecule is CCCCN(CCCC)C(=O)c1cc(C)n(-c2ccc(NC(=O)c3ccccc3Nc3ccccc3C)cc2C(=O)N2Cc3ccccc3C[C@H]2CO)n1. The molecule has 6 rings (SSSR count). The number of nitrogens with zero attached hydrogens (tertiary/aromatic N) is 4. The zero-order valence-corrected chi connectivity index (χ0v) is 31.6. The van der Waals surface area contributed by atoms with Gasteiger partial charge in [-0.2, -0.15) is 5.10 Å². The number of nitrogens with one attached hydrogen (secondary N) is 2. The summed E-state index contributed by atoms with van der Waals surface area (Å²) >= 11 is 0. The van der Waals surface area contributed by atoms with Crippen molar-refractivity contribution in [3.05, 3.63) is 136 Å². The molecule has 54 heavy (non-hydrogen) atoms. The van der Waals surface area contributed by atoms with Crippen molar-refractivity contribution >= 4 is 34.8 Å². The number of rotatable bonds is 14. The molecule has 0 fully saturated rings. The number of carbonyl (C=O) groups excluding carboxylic acids is 3. The van der Waals surface area contributed by atoms with Crippen LogP contribution < -0.4 is 10.6 Å². The van der Waals surface area contributed by atoms with E-state index in [2.05, 4.69) is 24.5 Å². The highest BCUT2D eigenvalue weighted by Gasteiger charge is 2.32. The lowest BCUT2D eigenvalue weighted by Crippen LogP contribution is -2.46. The van der Waals surface area contributed by atoms with Gasteiger partial charge in [-0.15, -0.1) is 0 Å². The third-order valence-corrected chi connectivity index (χ3v) is 10.1. The maximum atomic E-state index is 14.7. The first-order chi connectivity index (χ1) is 26.2. The minimum absolute atomic E-state index is 0.138. The topological polar surface area (TPSA) is 120 Å². The largest absolute Gasteiger partial charge is 0.394 e. The molecule has 280 valence electrons. The number of aryl methyl sites for hydroxylation is 2. The van der Waals surface area contributed by atoms with E-state index in [9.17, 15) is 19.5 Å². The van der Waals surface area contributed by atoms with E-state index in [1.807, 2.05) is 85.5 Å². The lowest BCUT2D eigenvalue weighted by Gasteiger charge is -2.36. The molecule has 0 unspecified atom stereocenters. The Labute approximate surface area is 317 Å². The van der Waals surface area contributed by atoms with Crippen LogP contribution in [0.1, 0.15) is 93.1 Å². The highest BCUT2D eigenvalue weighted by atomic mass is 16.3. The smallest absolute Gasteiger partial charge is 0.274 e. The maximum Gasteiger partial charge on any atom is 0.274 e. The van der Waals surface area contributed by atoms with Gasteiger partial charge in [0.15, 0.2) is 5.69 Å². The number of hydrogen-bond donors (Lipinski definition) is 3. The number of para-hydroxylation sites is 2. The third-order valence-electron chi connectivity index (χ3n) is 10.1. The molecule has 1 aliphatic rings. The summed E-state index contributed by atoms with van der Waals surface area (Å²) in [5.74, 6) is -0.798. The van der Waals surface area contributed by atoms with E-state index in [-0.39, 0.29) is 29.9 Å². The monoisotopic (exact) mass is 726 g/mol. The van der Waals surface area contributed by atoms with Crippen LogP contribution >= 0.6 is 0 Å². The van der Waals surface area contributed by atoms with Crippen LogP contribution in [0.4, 0.5) is 17.1 Å². The highest BCUT2D eigenvalue weighted by Crippen LogP contribution is 2.30. The first-order valence-corrected chi connectivity index (χ1v) is 18.9. The van der Waals surface area contributed by atoms with Gasteiger partial charge in [0, 0.05) is 36.7 Å². The molecule has 2 heterocycles. The summed E-state index contributed by atoms with van der Waals surface area (Å²) in [4.78, 5) is 46.0. The number of hydrogen-bond acceptors (Lipinski definition) is 6. The molecular weight excluding hydrogens is 677 g/mol. The lowest BCUT2D eigenvalue weighted by atomic mass is 9.93. The lowest BCUT2D eigenvalue weighted by molar-refractivity contribution is 0.0544. The van der Waals surface area contributed by atoms with Gasteiger partial charge in [0.05, 0.1) is 35.2 Å². The summed E-state index contributed by atoms with van der Waals surface area (Å²) in [6.07, 6.45) is 4.26. The van der Waals surface area contributed by atoms with Gasteiger partial charge in [0.1, 0.15) is 0 Å². The zero-order valence-electron chi connectivity index (χ0n) is 31.6. The third kappa shape index (κ3) is 8.39. The second kappa shape index (κ2) is 17.4. The average Bonchev–Trinajstić information content (AvgIpc) is 3.58. The van der Waals surface area contributed by atoms with E-state index >= 15 is 0 Å². The van der Waals surface area contributed by atoms with Crippen molar-refractivity contribution in [1.29, 1.82) is 0 Å². The zero-order chi connectivity index (χ0) is 38.2. The van der Waals surface area contributed by atoms with Gasteiger partial charge in [-0.3, -0.25) is 14.4 Å². The van der Waals surface area contributed by atoms with Gasteiger partial charge < -0.3 is 25.5 Å². The van der Waals surface area contributed by atoms with Crippen molar-refractivity contribution in [2.24, 2.45) is 0 Å². The predicted molar refractivity (Wildman–Crippen MR) is 214 cm³/mol. The molecular formula is C44H50N6O4. The molecule has 1 aliphatic heterocycles. The molecule has 3 amide bonds. The maximum absolute atomic E-state index is 14.7.